The van der Waals surface area contributed by atoms with Gasteiger partial charge in [-0.05, 0) is 144 Å². The van der Waals surface area contributed by atoms with E-state index in [0.29, 0.717) is 29.8 Å². The largest absolute Gasteiger partial charge is 0.372 e. The van der Waals surface area contributed by atoms with Crippen LogP contribution in [-0.2, 0) is 35.4 Å². The van der Waals surface area contributed by atoms with Crippen LogP contribution in [0.2, 0.25) is 0 Å². The third-order valence-corrected chi connectivity index (χ3v) is 14.4. The Balaban J connectivity index is 0.735. The number of aromatic amines is 1. The molecule has 1 aromatic heterocycles. The van der Waals surface area contributed by atoms with Gasteiger partial charge >= 0.3 is 0 Å². The molecule has 0 radical (unpaired) electrons. The van der Waals surface area contributed by atoms with Crippen LogP contribution >= 0.6 is 0 Å². The van der Waals surface area contributed by atoms with Crippen LogP contribution in [0.1, 0.15) is 87.8 Å². The summed E-state index contributed by atoms with van der Waals surface area (Å²) in [6.45, 7) is 7.48. The van der Waals surface area contributed by atoms with Crippen molar-refractivity contribution >= 4 is 51.1 Å². The molecule has 10 nitrogen and oxygen atoms in total. The summed E-state index contributed by atoms with van der Waals surface area (Å²) in [4.78, 5) is 46.6. The molecule has 0 spiro atoms. The Hall–Kier alpha value is -5.81. The lowest BCUT2D eigenvalue weighted by Crippen LogP contribution is -2.52. The minimum absolute atomic E-state index is 0.127. The van der Waals surface area contributed by atoms with Gasteiger partial charge in [-0.25, -0.2) is 0 Å². The van der Waals surface area contributed by atoms with E-state index in [-0.39, 0.29) is 24.1 Å². The van der Waals surface area contributed by atoms with Gasteiger partial charge in [0.2, 0.25) is 17.8 Å². The summed E-state index contributed by atoms with van der Waals surface area (Å²) in [7, 11) is 0. The smallest absolute Gasteiger partial charge is 0.255 e. The number of carbonyl (C=O) groups excluding carboxylic acids is 3. The highest BCUT2D eigenvalue weighted by molar-refractivity contribution is 6.06. The summed E-state index contributed by atoms with van der Waals surface area (Å²) in [5, 5.41) is 9.87. The predicted molar refractivity (Wildman–Crippen MR) is 231 cm³/mol. The lowest BCUT2D eigenvalue weighted by Gasteiger charge is -2.40. The number of aromatic nitrogens is 2. The van der Waals surface area contributed by atoms with Crippen molar-refractivity contribution in [3.63, 3.8) is 0 Å². The van der Waals surface area contributed by atoms with Crippen LogP contribution in [-0.4, -0.2) is 89.6 Å². The molecule has 11 heteroatoms. The van der Waals surface area contributed by atoms with E-state index in [9.17, 15) is 14.4 Å². The van der Waals surface area contributed by atoms with E-state index in [0.717, 1.165) is 106 Å². The Kier molecular flexibility index (Phi) is 9.32. The molecular formula is C49H50FN7O3. The molecule has 0 unspecified atom stereocenters. The number of aryl methyl sites for hydroxylation is 2. The lowest BCUT2D eigenvalue weighted by molar-refractivity contribution is -0.136. The van der Waals surface area contributed by atoms with Crippen molar-refractivity contribution in [1.29, 1.82) is 0 Å². The standard InChI is InChI=1S/C49H50FN7O3/c50-47-46-40-6-2-5-39(38-4-1-3-31-9-13-36(31)38)45(41(40)15-16-42(46)52-53-47)32-7-10-34(11-8-32)55-21-19-30(20-22-55)28-54-23-25-56(26-24-54)35-12-14-37-33(27-35)29-57(49(37)60)43-17-18-44(58)51-48(43)59/h1,3-4,7-8,10-12,14-16,27,30,43H,2,5-6,9,13,17-26,28-29H2,(H,52,53)(H,51,58,59)/t43-/m0/s1. The molecule has 5 aromatic rings. The van der Waals surface area contributed by atoms with Gasteiger partial charge in [0.1, 0.15) is 6.04 Å². The Morgan fingerprint density at radius 3 is 2.27 bits per heavy atom. The number of amides is 3. The molecule has 0 bridgehead atoms. The zero-order valence-electron chi connectivity index (χ0n) is 33.9. The molecule has 4 aliphatic heterocycles. The number of hydrogen-bond donors (Lipinski definition) is 2. The zero-order valence-corrected chi connectivity index (χ0v) is 33.9. The first-order valence-corrected chi connectivity index (χ1v) is 22.0. The molecule has 2 aliphatic carbocycles. The fraction of sp³-hybridized carbons (Fsp3) is 0.388. The molecule has 60 heavy (non-hydrogen) atoms. The van der Waals surface area contributed by atoms with Gasteiger partial charge in [-0.3, -0.25) is 29.7 Å². The number of nitrogens with zero attached hydrogens (tertiary/aromatic N) is 5. The fourth-order valence-electron chi connectivity index (χ4n) is 11.0. The first-order valence-electron chi connectivity index (χ1n) is 22.0. The van der Waals surface area contributed by atoms with Gasteiger partial charge < -0.3 is 14.7 Å². The number of nitrogens with one attached hydrogen (secondary N) is 2. The van der Waals surface area contributed by atoms with Gasteiger partial charge in [-0.1, -0.05) is 36.4 Å². The van der Waals surface area contributed by atoms with Crippen LogP contribution < -0.4 is 15.1 Å². The number of hydrogen-bond acceptors (Lipinski definition) is 7. The molecule has 5 heterocycles. The number of benzene rings is 4. The molecule has 306 valence electrons. The number of H-pyrrole nitrogens is 1. The number of carbonyl (C=O) groups is 3. The second kappa shape index (κ2) is 15.0. The monoisotopic (exact) mass is 803 g/mol. The highest BCUT2D eigenvalue weighted by atomic mass is 19.1. The third kappa shape index (κ3) is 6.49. The third-order valence-electron chi connectivity index (χ3n) is 14.4. The van der Waals surface area contributed by atoms with E-state index in [1.807, 2.05) is 18.2 Å². The van der Waals surface area contributed by atoms with Crippen LogP contribution in [0.25, 0.3) is 22.0 Å². The van der Waals surface area contributed by atoms with Gasteiger partial charge in [-0.2, -0.15) is 4.39 Å². The normalized spacial score (nSPS) is 21.2. The van der Waals surface area contributed by atoms with Crippen LogP contribution in [0.3, 0.4) is 0 Å². The first kappa shape index (κ1) is 37.2. The predicted octanol–water partition coefficient (Wildman–Crippen LogP) is 6.90. The van der Waals surface area contributed by atoms with Crippen molar-refractivity contribution in [3.8, 4) is 0 Å². The molecule has 2 N–H and O–H groups in total. The van der Waals surface area contributed by atoms with Gasteiger partial charge in [0.05, 0.1) is 10.9 Å². The SMILES string of the molecule is O=C1CC[C@H](N2Cc3cc(N4CCN(CC5CCN(c6ccc(C7=C(c8cccc9c8CC9)CCCc8c7ccc7[nH]nc(F)c87)cc6)CC5)CC4)ccc3C2=O)C(=O)N1. The summed E-state index contributed by atoms with van der Waals surface area (Å²) >= 11 is 0. The molecule has 3 saturated heterocycles. The second-order valence-electron chi connectivity index (χ2n) is 17.7. The summed E-state index contributed by atoms with van der Waals surface area (Å²) in [6.07, 6.45) is 7.96. The summed E-state index contributed by atoms with van der Waals surface area (Å²) < 4.78 is 15.2. The lowest BCUT2D eigenvalue weighted by atomic mass is 9.79. The Morgan fingerprint density at radius 2 is 1.48 bits per heavy atom. The average Bonchev–Trinajstić information content (AvgIpc) is 3.72. The quantitative estimate of drug-likeness (QED) is 0.173. The van der Waals surface area contributed by atoms with E-state index in [1.165, 1.54) is 51.9 Å². The average molecular weight is 804 g/mol. The number of anilines is 2. The van der Waals surface area contributed by atoms with Crippen LogP contribution in [0.5, 0.6) is 0 Å². The molecule has 6 aliphatic rings. The maximum absolute atomic E-state index is 15.2. The fourth-order valence-corrected chi connectivity index (χ4v) is 11.0. The maximum Gasteiger partial charge on any atom is 0.255 e. The molecule has 4 aromatic carbocycles. The van der Waals surface area contributed by atoms with E-state index >= 15 is 4.39 Å². The number of piperidine rings is 2. The molecule has 1 atom stereocenters. The van der Waals surface area contributed by atoms with Gasteiger partial charge in [0, 0.05) is 75.7 Å². The summed E-state index contributed by atoms with van der Waals surface area (Å²) in [5.74, 6) is -0.521. The number of fused-ring (bicyclic) bond motifs is 5. The number of allylic oxidation sites excluding steroid dienone is 1. The molecule has 11 rings (SSSR count). The number of piperazine rings is 1. The van der Waals surface area contributed by atoms with Gasteiger partial charge in [0.25, 0.3) is 5.91 Å². The molecule has 3 amide bonds. The van der Waals surface area contributed by atoms with E-state index in [1.54, 1.807) is 4.90 Å². The second-order valence-corrected chi connectivity index (χ2v) is 17.7. The number of rotatable bonds is 7. The van der Waals surface area contributed by atoms with Crippen molar-refractivity contribution in [2.24, 2.45) is 5.92 Å². The van der Waals surface area contributed by atoms with Crippen LogP contribution in [0, 0.1) is 11.9 Å². The van der Waals surface area contributed by atoms with Gasteiger partial charge in [0.15, 0.2) is 0 Å². The van der Waals surface area contributed by atoms with Gasteiger partial charge in [-0.15, -0.1) is 5.10 Å². The maximum atomic E-state index is 15.2. The minimum Gasteiger partial charge on any atom is -0.372 e. The van der Waals surface area contributed by atoms with Crippen molar-refractivity contribution in [2.75, 3.05) is 55.6 Å². The van der Waals surface area contributed by atoms with Crippen molar-refractivity contribution in [2.45, 2.75) is 70.4 Å². The highest BCUT2D eigenvalue weighted by Gasteiger charge is 2.39. The summed E-state index contributed by atoms with van der Waals surface area (Å²) in [6, 6.07) is 25.6. The van der Waals surface area contributed by atoms with Crippen LogP contribution in [0.15, 0.2) is 72.8 Å². The van der Waals surface area contributed by atoms with E-state index in [4.69, 9.17) is 0 Å². The molecule has 0 saturated carbocycles. The minimum atomic E-state index is -0.594. The topological polar surface area (TPSA) is 105 Å². The first-order chi connectivity index (χ1) is 29.4. The number of halogens is 1. The Labute approximate surface area is 349 Å². The molecule has 3 fully saturated rings. The van der Waals surface area contributed by atoms with Crippen LogP contribution in [0.4, 0.5) is 15.8 Å². The van der Waals surface area contributed by atoms with Crippen molar-refractivity contribution in [3.05, 3.63) is 123 Å². The Morgan fingerprint density at radius 1 is 0.700 bits per heavy atom. The molecular weight excluding hydrogens is 754 g/mol. The number of imide groups is 1. The van der Waals surface area contributed by atoms with Crippen molar-refractivity contribution in [1.82, 2.24) is 25.3 Å². The van der Waals surface area contributed by atoms with Crippen molar-refractivity contribution < 1.29 is 18.8 Å². The highest BCUT2D eigenvalue weighted by Crippen LogP contribution is 2.45. The summed E-state index contributed by atoms with van der Waals surface area (Å²) in [5.41, 5.74) is 15.0. The Bertz CT molecular complexity index is 2580. The van der Waals surface area contributed by atoms with E-state index in [2.05, 4.69) is 84.8 Å². The zero-order chi connectivity index (χ0) is 40.5. The van der Waals surface area contributed by atoms with E-state index < -0.39 is 12.0 Å².